The first-order valence-electron chi connectivity index (χ1n) is 11.4. The maximum atomic E-state index is 12.6. The van der Waals surface area contributed by atoms with Crippen molar-refractivity contribution in [1.82, 2.24) is 20.4 Å². The first kappa shape index (κ1) is 23.3. The molecular weight excluding hydrogens is 432 g/mol. The van der Waals surface area contributed by atoms with Gasteiger partial charge in [-0.05, 0) is 44.8 Å². The second-order valence-corrected chi connectivity index (χ2v) is 8.30. The number of likely N-dealkylation sites (tertiary alicyclic amines) is 1. The summed E-state index contributed by atoms with van der Waals surface area (Å²) in [4.78, 5) is 19.1. The van der Waals surface area contributed by atoms with Crippen LogP contribution in [0.5, 0.6) is 5.88 Å². The van der Waals surface area contributed by atoms with Gasteiger partial charge in [-0.2, -0.15) is 5.26 Å². The van der Waals surface area contributed by atoms with Gasteiger partial charge in [0, 0.05) is 18.2 Å². The van der Waals surface area contributed by atoms with Gasteiger partial charge in [-0.25, -0.2) is 4.98 Å². The van der Waals surface area contributed by atoms with Gasteiger partial charge in [0.2, 0.25) is 5.88 Å². The van der Waals surface area contributed by atoms with Crippen molar-refractivity contribution in [2.75, 3.05) is 32.0 Å². The molecule has 1 aromatic carbocycles. The number of aromatic nitrogens is 2. The molecule has 2 aromatic heterocycles. The van der Waals surface area contributed by atoms with E-state index in [1.54, 1.807) is 6.92 Å². The number of nitrogens with one attached hydrogen (secondary N) is 1. The van der Waals surface area contributed by atoms with Crippen molar-refractivity contribution < 1.29 is 14.1 Å². The molecular formula is C25H28N6O3. The lowest BCUT2D eigenvalue weighted by Crippen LogP contribution is -2.38. The van der Waals surface area contributed by atoms with Crippen LogP contribution in [0.15, 0.2) is 47.0 Å². The summed E-state index contributed by atoms with van der Waals surface area (Å²) < 4.78 is 10.9. The maximum absolute atomic E-state index is 12.6. The zero-order valence-electron chi connectivity index (χ0n) is 19.2. The average Bonchev–Trinajstić information content (AvgIpc) is 3.32. The first-order chi connectivity index (χ1) is 16.6. The Morgan fingerprint density at radius 2 is 2.06 bits per heavy atom. The third-order valence-corrected chi connectivity index (χ3v) is 5.91. The number of anilines is 1. The number of carbonyl (C=O) groups excluding carboxylic acids is 1. The number of nitrogens with two attached hydrogens (primary N) is 1. The molecule has 1 aliphatic heterocycles. The number of benzene rings is 1. The van der Waals surface area contributed by atoms with Gasteiger partial charge in [-0.3, -0.25) is 9.69 Å². The van der Waals surface area contributed by atoms with Crippen LogP contribution in [0.4, 0.5) is 5.69 Å². The van der Waals surface area contributed by atoms with Crippen LogP contribution in [-0.4, -0.2) is 47.2 Å². The normalized spacial score (nSPS) is 14.5. The smallest absolute Gasteiger partial charge is 0.270 e. The third kappa shape index (κ3) is 5.53. The minimum Gasteiger partial charge on any atom is -0.477 e. The number of rotatable bonds is 8. The molecule has 4 rings (SSSR count). The molecule has 176 valence electrons. The van der Waals surface area contributed by atoms with Gasteiger partial charge >= 0.3 is 0 Å². The molecule has 0 bridgehead atoms. The molecule has 9 nitrogen and oxygen atoms in total. The van der Waals surface area contributed by atoms with Crippen molar-refractivity contribution in [2.45, 2.75) is 26.3 Å². The molecule has 1 fully saturated rings. The van der Waals surface area contributed by atoms with E-state index in [1.165, 1.54) is 6.07 Å². The van der Waals surface area contributed by atoms with Crippen LogP contribution in [0.1, 0.15) is 41.6 Å². The van der Waals surface area contributed by atoms with E-state index < -0.39 is 0 Å². The number of nitrogen functional groups attached to an aromatic ring is 1. The number of pyridine rings is 1. The van der Waals surface area contributed by atoms with Crippen molar-refractivity contribution >= 4 is 11.6 Å². The number of piperidine rings is 1. The molecule has 0 radical (unpaired) electrons. The summed E-state index contributed by atoms with van der Waals surface area (Å²) in [6.07, 6.45) is 1.93. The third-order valence-electron chi connectivity index (χ3n) is 5.91. The quantitative estimate of drug-likeness (QED) is 0.524. The Kier molecular flexibility index (Phi) is 7.40. The maximum Gasteiger partial charge on any atom is 0.270 e. The summed E-state index contributed by atoms with van der Waals surface area (Å²) >= 11 is 0. The lowest BCUT2D eigenvalue weighted by atomic mass is 9.96. The van der Waals surface area contributed by atoms with Crippen LogP contribution in [0.2, 0.25) is 0 Å². The predicted molar refractivity (Wildman–Crippen MR) is 127 cm³/mol. The van der Waals surface area contributed by atoms with E-state index in [0.717, 1.165) is 42.9 Å². The van der Waals surface area contributed by atoms with E-state index in [0.29, 0.717) is 25.6 Å². The van der Waals surface area contributed by atoms with Crippen LogP contribution >= 0.6 is 0 Å². The van der Waals surface area contributed by atoms with E-state index >= 15 is 0 Å². The highest BCUT2D eigenvalue weighted by atomic mass is 16.5. The van der Waals surface area contributed by atoms with E-state index in [2.05, 4.69) is 20.4 Å². The summed E-state index contributed by atoms with van der Waals surface area (Å²) in [6.45, 7) is 5.21. The largest absolute Gasteiger partial charge is 0.477 e. The fourth-order valence-electron chi connectivity index (χ4n) is 4.04. The van der Waals surface area contributed by atoms with Crippen molar-refractivity contribution in [1.29, 1.82) is 5.26 Å². The molecule has 1 saturated heterocycles. The number of amides is 1. The Bertz CT molecular complexity index is 1160. The highest BCUT2D eigenvalue weighted by Crippen LogP contribution is 2.24. The topological polar surface area (TPSA) is 130 Å². The van der Waals surface area contributed by atoms with Gasteiger partial charge in [0.05, 0.1) is 18.8 Å². The minimum absolute atomic E-state index is 0.0892. The van der Waals surface area contributed by atoms with Gasteiger partial charge < -0.3 is 20.3 Å². The van der Waals surface area contributed by atoms with Gasteiger partial charge in [-0.15, -0.1) is 0 Å². The zero-order chi connectivity index (χ0) is 23.9. The zero-order valence-corrected chi connectivity index (χ0v) is 19.2. The molecule has 1 amide bonds. The number of hydrogen-bond acceptors (Lipinski definition) is 8. The van der Waals surface area contributed by atoms with Crippen LogP contribution in [0.3, 0.4) is 0 Å². The standard InChI is InChI=1S/C25H28N6O3/c1-2-33-25-20(14-26)21(27)13-23(29-25)24(32)28-15-17-8-10-31(11-9-17)16-19-12-22(30-34-19)18-6-4-3-5-7-18/h3-7,12-13,17H,2,8-11,15-16H2,1H3,(H2,27,29)(H,28,32). The second-order valence-electron chi connectivity index (χ2n) is 8.30. The van der Waals surface area contributed by atoms with Crippen LogP contribution in [-0.2, 0) is 6.54 Å². The van der Waals surface area contributed by atoms with Crippen molar-refractivity contribution in [3.63, 3.8) is 0 Å². The summed E-state index contributed by atoms with van der Waals surface area (Å²) in [7, 11) is 0. The molecule has 0 atom stereocenters. The predicted octanol–water partition coefficient (Wildman–Crippen LogP) is 3.23. The van der Waals surface area contributed by atoms with Crippen molar-refractivity contribution in [3.8, 4) is 23.2 Å². The monoisotopic (exact) mass is 460 g/mol. The lowest BCUT2D eigenvalue weighted by Gasteiger charge is -2.31. The SMILES string of the molecule is CCOc1nc(C(=O)NCC2CCN(Cc3cc(-c4ccccc4)no3)CC2)cc(N)c1C#N. The molecule has 9 heteroatoms. The molecule has 0 unspecified atom stereocenters. The number of hydrogen-bond donors (Lipinski definition) is 2. The van der Waals surface area contributed by atoms with Crippen LogP contribution < -0.4 is 15.8 Å². The van der Waals surface area contributed by atoms with Gasteiger partial charge in [-0.1, -0.05) is 35.5 Å². The molecule has 0 spiro atoms. The summed E-state index contributed by atoms with van der Waals surface area (Å²) in [5, 5.41) is 16.4. The fraction of sp³-hybridized carbons (Fsp3) is 0.360. The Hall–Kier alpha value is -3.90. The van der Waals surface area contributed by atoms with Gasteiger partial charge in [0.25, 0.3) is 5.91 Å². The van der Waals surface area contributed by atoms with E-state index in [-0.39, 0.29) is 28.7 Å². The highest BCUT2D eigenvalue weighted by molar-refractivity contribution is 5.93. The van der Waals surface area contributed by atoms with Gasteiger partial charge in [0.15, 0.2) is 5.76 Å². The van der Waals surface area contributed by atoms with E-state index in [1.807, 2.05) is 42.5 Å². The van der Waals surface area contributed by atoms with E-state index in [4.69, 9.17) is 15.0 Å². The molecule has 3 N–H and O–H groups in total. The number of carbonyl (C=O) groups is 1. The van der Waals surface area contributed by atoms with Gasteiger partial charge in [0.1, 0.15) is 23.0 Å². The molecule has 1 aliphatic rings. The van der Waals surface area contributed by atoms with Crippen molar-refractivity contribution in [2.24, 2.45) is 5.92 Å². The number of ether oxygens (including phenoxy) is 1. The molecule has 34 heavy (non-hydrogen) atoms. The molecule has 0 saturated carbocycles. The molecule has 3 aromatic rings. The highest BCUT2D eigenvalue weighted by Gasteiger charge is 2.22. The lowest BCUT2D eigenvalue weighted by molar-refractivity contribution is 0.0927. The Morgan fingerprint density at radius 3 is 2.76 bits per heavy atom. The molecule has 3 heterocycles. The summed E-state index contributed by atoms with van der Waals surface area (Å²) in [5.74, 6) is 0.984. The average molecular weight is 461 g/mol. The Labute approximate surface area is 198 Å². The van der Waals surface area contributed by atoms with Crippen molar-refractivity contribution in [3.05, 3.63) is 59.5 Å². The Balaban J connectivity index is 1.26. The molecule has 0 aliphatic carbocycles. The number of nitriles is 1. The van der Waals surface area contributed by atoms with Crippen LogP contribution in [0, 0.1) is 17.2 Å². The Morgan fingerprint density at radius 1 is 1.29 bits per heavy atom. The summed E-state index contributed by atoms with van der Waals surface area (Å²) in [6, 6.07) is 15.4. The fourth-order valence-corrected chi connectivity index (χ4v) is 4.04. The minimum atomic E-state index is -0.324. The number of nitrogens with zero attached hydrogens (tertiary/aromatic N) is 4. The first-order valence-corrected chi connectivity index (χ1v) is 11.4. The summed E-state index contributed by atoms with van der Waals surface area (Å²) in [5.41, 5.74) is 8.28. The van der Waals surface area contributed by atoms with E-state index in [9.17, 15) is 10.1 Å². The second kappa shape index (κ2) is 10.8. The van der Waals surface area contributed by atoms with Crippen LogP contribution in [0.25, 0.3) is 11.3 Å².